The van der Waals surface area contributed by atoms with Crippen LogP contribution < -0.4 is 5.32 Å². The highest BCUT2D eigenvalue weighted by atomic mass is 16.3. The van der Waals surface area contributed by atoms with Crippen molar-refractivity contribution in [1.82, 2.24) is 15.3 Å². The molecule has 0 aliphatic carbocycles. The van der Waals surface area contributed by atoms with Crippen LogP contribution in [0.3, 0.4) is 0 Å². The Morgan fingerprint density at radius 2 is 1.87 bits per heavy atom. The van der Waals surface area contributed by atoms with Crippen LogP contribution in [0.4, 0.5) is 0 Å². The Balaban J connectivity index is 2.33. The topological polar surface area (TPSA) is 58.0 Å². The first kappa shape index (κ1) is 12.1. The standard InChI is InChI=1S/C11H19N3O/c1-3-11(15,4-2)8-12-5-10-6-13-9-14-7-10/h6-7,9,12,15H,3-5,8H2,1-2H3. The lowest BCUT2D eigenvalue weighted by atomic mass is 9.97. The average Bonchev–Trinajstić information content (AvgIpc) is 2.30. The smallest absolute Gasteiger partial charge is 0.115 e. The molecule has 84 valence electrons. The second-order valence-corrected chi connectivity index (χ2v) is 3.78. The van der Waals surface area contributed by atoms with Gasteiger partial charge in [-0.05, 0) is 12.8 Å². The van der Waals surface area contributed by atoms with Gasteiger partial charge in [-0.15, -0.1) is 0 Å². The van der Waals surface area contributed by atoms with E-state index in [1.165, 1.54) is 6.33 Å². The van der Waals surface area contributed by atoms with E-state index in [1.807, 2.05) is 13.8 Å². The second-order valence-electron chi connectivity index (χ2n) is 3.78. The van der Waals surface area contributed by atoms with Crippen LogP contribution >= 0.6 is 0 Å². The van der Waals surface area contributed by atoms with Crippen molar-refractivity contribution in [1.29, 1.82) is 0 Å². The van der Waals surface area contributed by atoms with Crippen molar-refractivity contribution < 1.29 is 5.11 Å². The van der Waals surface area contributed by atoms with E-state index < -0.39 is 5.60 Å². The zero-order valence-corrected chi connectivity index (χ0v) is 9.40. The Morgan fingerprint density at radius 3 is 2.40 bits per heavy atom. The molecule has 0 atom stereocenters. The molecule has 15 heavy (non-hydrogen) atoms. The lowest BCUT2D eigenvalue weighted by molar-refractivity contribution is 0.0323. The van der Waals surface area contributed by atoms with Crippen LogP contribution in [-0.4, -0.2) is 27.2 Å². The molecule has 0 radical (unpaired) electrons. The highest BCUT2D eigenvalue weighted by Crippen LogP contribution is 2.12. The lowest BCUT2D eigenvalue weighted by Gasteiger charge is -2.25. The summed E-state index contributed by atoms with van der Waals surface area (Å²) in [6, 6.07) is 0. The minimum Gasteiger partial charge on any atom is -0.389 e. The summed E-state index contributed by atoms with van der Waals surface area (Å²) in [5, 5.41) is 13.2. The molecule has 0 aliphatic rings. The summed E-state index contributed by atoms with van der Waals surface area (Å²) in [5.74, 6) is 0. The Bertz CT molecular complexity index is 272. The van der Waals surface area contributed by atoms with Crippen molar-refractivity contribution in [2.45, 2.75) is 38.8 Å². The van der Waals surface area contributed by atoms with E-state index in [9.17, 15) is 5.11 Å². The van der Waals surface area contributed by atoms with Crippen LogP contribution in [0.5, 0.6) is 0 Å². The molecule has 1 aromatic heterocycles. The fourth-order valence-electron chi connectivity index (χ4n) is 1.36. The molecule has 1 aromatic rings. The molecule has 0 fully saturated rings. The van der Waals surface area contributed by atoms with Gasteiger partial charge in [-0.3, -0.25) is 0 Å². The SMILES string of the molecule is CCC(O)(CC)CNCc1cncnc1. The van der Waals surface area contributed by atoms with E-state index >= 15 is 0 Å². The average molecular weight is 209 g/mol. The highest BCUT2D eigenvalue weighted by Gasteiger charge is 2.20. The normalized spacial score (nSPS) is 11.7. The Morgan fingerprint density at radius 1 is 1.27 bits per heavy atom. The summed E-state index contributed by atoms with van der Waals surface area (Å²) in [4.78, 5) is 7.85. The third kappa shape index (κ3) is 3.93. The van der Waals surface area contributed by atoms with Crippen LogP contribution in [0.25, 0.3) is 0 Å². The van der Waals surface area contributed by atoms with Crippen LogP contribution in [0.15, 0.2) is 18.7 Å². The highest BCUT2D eigenvalue weighted by molar-refractivity contribution is 5.01. The second kappa shape index (κ2) is 5.78. The van der Waals surface area contributed by atoms with Gasteiger partial charge in [0.1, 0.15) is 6.33 Å². The molecular formula is C11H19N3O. The largest absolute Gasteiger partial charge is 0.389 e. The van der Waals surface area contributed by atoms with Crippen molar-refractivity contribution in [2.75, 3.05) is 6.54 Å². The van der Waals surface area contributed by atoms with E-state index in [1.54, 1.807) is 12.4 Å². The molecule has 1 heterocycles. The van der Waals surface area contributed by atoms with Crippen molar-refractivity contribution >= 4 is 0 Å². The molecule has 2 N–H and O–H groups in total. The van der Waals surface area contributed by atoms with E-state index in [2.05, 4.69) is 15.3 Å². The van der Waals surface area contributed by atoms with Gasteiger partial charge in [0.15, 0.2) is 0 Å². The molecule has 0 spiro atoms. The van der Waals surface area contributed by atoms with Gasteiger partial charge in [-0.2, -0.15) is 0 Å². The molecule has 0 aromatic carbocycles. The van der Waals surface area contributed by atoms with Gasteiger partial charge >= 0.3 is 0 Å². The number of aromatic nitrogens is 2. The van der Waals surface area contributed by atoms with Gasteiger partial charge in [-0.1, -0.05) is 13.8 Å². The van der Waals surface area contributed by atoms with Gasteiger partial charge in [-0.25, -0.2) is 9.97 Å². The quantitative estimate of drug-likeness (QED) is 0.737. The first-order chi connectivity index (χ1) is 7.20. The monoisotopic (exact) mass is 209 g/mol. The molecule has 0 aliphatic heterocycles. The summed E-state index contributed by atoms with van der Waals surface area (Å²) in [6.07, 6.45) is 6.59. The number of aliphatic hydroxyl groups is 1. The van der Waals surface area contributed by atoms with Crippen LogP contribution in [0.1, 0.15) is 32.3 Å². The van der Waals surface area contributed by atoms with E-state index in [-0.39, 0.29) is 0 Å². The maximum atomic E-state index is 10.0. The van der Waals surface area contributed by atoms with Crippen LogP contribution in [0, 0.1) is 0 Å². The fraction of sp³-hybridized carbons (Fsp3) is 0.636. The van der Waals surface area contributed by atoms with Gasteiger partial charge < -0.3 is 10.4 Å². The van der Waals surface area contributed by atoms with Crippen molar-refractivity contribution in [3.8, 4) is 0 Å². The van der Waals surface area contributed by atoms with Crippen LogP contribution in [-0.2, 0) is 6.54 Å². The van der Waals surface area contributed by atoms with Gasteiger partial charge in [0.05, 0.1) is 5.60 Å². The summed E-state index contributed by atoms with van der Waals surface area (Å²) in [6.45, 7) is 5.30. The van der Waals surface area contributed by atoms with Gasteiger partial charge in [0, 0.05) is 31.0 Å². The summed E-state index contributed by atoms with van der Waals surface area (Å²) < 4.78 is 0. The molecule has 4 nitrogen and oxygen atoms in total. The third-order valence-electron chi connectivity index (χ3n) is 2.71. The van der Waals surface area contributed by atoms with Crippen molar-refractivity contribution in [3.05, 3.63) is 24.3 Å². The first-order valence-corrected chi connectivity index (χ1v) is 5.37. The Kier molecular flexibility index (Phi) is 4.65. The Labute approximate surface area is 90.8 Å². The maximum Gasteiger partial charge on any atom is 0.115 e. The zero-order chi connectivity index (χ0) is 11.1. The number of nitrogens with zero attached hydrogens (tertiary/aromatic N) is 2. The van der Waals surface area contributed by atoms with Gasteiger partial charge in [0.2, 0.25) is 0 Å². The van der Waals surface area contributed by atoms with E-state index in [0.717, 1.165) is 18.4 Å². The predicted molar refractivity (Wildman–Crippen MR) is 59.3 cm³/mol. The van der Waals surface area contributed by atoms with Crippen LogP contribution in [0.2, 0.25) is 0 Å². The number of hydrogen-bond acceptors (Lipinski definition) is 4. The molecule has 0 saturated carbocycles. The van der Waals surface area contributed by atoms with Gasteiger partial charge in [0.25, 0.3) is 0 Å². The maximum absolute atomic E-state index is 10.0. The molecule has 0 bridgehead atoms. The molecule has 0 saturated heterocycles. The molecule has 0 amide bonds. The Hall–Kier alpha value is -1.00. The lowest BCUT2D eigenvalue weighted by Crippen LogP contribution is -2.39. The minimum absolute atomic E-state index is 0.588. The molecule has 1 rings (SSSR count). The predicted octanol–water partition coefficient (Wildman–Crippen LogP) is 1.12. The van der Waals surface area contributed by atoms with E-state index in [4.69, 9.17) is 0 Å². The summed E-state index contributed by atoms with van der Waals surface area (Å²) in [5.41, 5.74) is 0.447. The summed E-state index contributed by atoms with van der Waals surface area (Å²) in [7, 11) is 0. The molecule has 4 heteroatoms. The van der Waals surface area contributed by atoms with Crippen molar-refractivity contribution in [2.24, 2.45) is 0 Å². The fourth-order valence-corrected chi connectivity index (χ4v) is 1.36. The summed E-state index contributed by atoms with van der Waals surface area (Å²) >= 11 is 0. The number of rotatable bonds is 6. The minimum atomic E-state index is -0.588. The molecular weight excluding hydrogens is 190 g/mol. The zero-order valence-electron chi connectivity index (χ0n) is 9.40. The number of hydrogen-bond donors (Lipinski definition) is 2. The van der Waals surface area contributed by atoms with Crippen molar-refractivity contribution in [3.63, 3.8) is 0 Å². The molecule has 0 unspecified atom stereocenters. The number of nitrogens with one attached hydrogen (secondary N) is 1. The third-order valence-corrected chi connectivity index (χ3v) is 2.71. The first-order valence-electron chi connectivity index (χ1n) is 5.37. The van der Waals surface area contributed by atoms with E-state index in [0.29, 0.717) is 13.1 Å².